The summed E-state index contributed by atoms with van der Waals surface area (Å²) in [5.41, 5.74) is 1.90. The van der Waals surface area contributed by atoms with E-state index in [-0.39, 0.29) is 18.4 Å². The molecule has 24 heavy (non-hydrogen) atoms. The molecule has 0 saturated heterocycles. The van der Waals surface area contributed by atoms with Gasteiger partial charge in [-0.25, -0.2) is 13.6 Å². The summed E-state index contributed by atoms with van der Waals surface area (Å²) in [6.07, 6.45) is -0.174. The van der Waals surface area contributed by atoms with Crippen molar-refractivity contribution < 1.29 is 23.5 Å². The summed E-state index contributed by atoms with van der Waals surface area (Å²) in [5.74, 6) is -3.35. The molecule has 0 radical (unpaired) electrons. The first-order chi connectivity index (χ1) is 11.3. The Bertz CT molecular complexity index is 741. The van der Waals surface area contributed by atoms with Crippen LogP contribution in [0.1, 0.15) is 16.7 Å². The molecule has 0 aliphatic heterocycles. The average Bonchev–Trinajstić information content (AvgIpc) is 2.45. The molecule has 2 aromatic rings. The second kappa shape index (κ2) is 7.68. The van der Waals surface area contributed by atoms with Gasteiger partial charge in [0.05, 0.1) is 6.42 Å². The number of halogens is 2. The standard InChI is InChI=1S/C18H17F2NO3/c1-11-3-2-4-12(5-11)8-16(18(23)24)21-17(22)9-13-6-14(19)10-15(20)7-13/h2-7,10,16H,8-9H2,1H3,(H,21,22)(H,23,24)/t16-/m1/s1. The maximum Gasteiger partial charge on any atom is 0.326 e. The first-order valence-electron chi connectivity index (χ1n) is 7.36. The van der Waals surface area contributed by atoms with Crippen LogP contribution in [0.3, 0.4) is 0 Å². The number of aryl methyl sites for hydroxylation is 1. The zero-order chi connectivity index (χ0) is 17.7. The topological polar surface area (TPSA) is 66.4 Å². The molecule has 2 N–H and O–H groups in total. The van der Waals surface area contributed by atoms with Crippen LogP contribution in [0.15, 0.2) is 42.5 Å². The Hall–Kier alpha value is -2.76. The Labute approximate surface area is 138 Å². The van der Waals surface area contributed by atoms with E-state index in [1.54, 1.807) is 12.1 Å². The number of benzene rings is 2. The first-order valence-corrected chi connectivity index (χ1v) is 7.36. The fourth-order valence-corrected chi connectivity index (χ4v) is 2.42. The quantitative estimate of drug-likeness (QED) is 0.854. The number of carbonyl (C=O) groups is 2. The highest BCUT2D eigenvalue weighted by molar-refractivity contribution is 5.85. The van der Waals surface area contributed by atoms with Gasteiger partial charge in [0.25, 0.3) is 0 Å². The predicted octanol–water partition coefficient (Wildman–Crippen LogP) is 2.63. The Morgan fingerprint density at radius 3 is 2.33 bits per heavy atom. The van der Waals surface area contributed by atoms with Crippen LogP contribution in [0.25, 0.3) is 0 Å². The van der Waals surface area contributed by atoms with Crippen LogP contribution in [-0.4, -0.2) is 23.0 Å². The molecule has 0 fully saturated rings. The fourth-order valence-electron chi connectivity index (χ4n) is 2.42. The van der Waals surface area contributed by atoms with Crippen molar-refractivity contribution >= 4 is 11.9 Å². The van der Waals surface area contributed by atoms with Crippen LogP contribution in [0.4, 0.5) is 8.78 Å². The molecule has 126 valence electrons. The van der Waals surface area contributed by atoms with E-state index in [2.05, 4.69) is 5.32 Å². The summed E-state index contributed by atoms with van der Waals surface area (Å²) < 4.78 is 26.3. The molecule has 1 atom stereocenters. The van der Waals surface area contributed by atoms with Gasteiger partial charge in [-0.05, 0) is 30.2 Å². The second-order valence-electron chi connectivity index (χ2n) is 5.61. The zero-order valence-corrected chi connectivity index (χ0v) is 13.1. The number of carboxylic acid groups (broad SMARTS) is 1. The van der Waals surface area contributed by atoms with Crippen LogP contribution in [0.2, 0.25) is 0 Å². The molecule has 6 heteroatoms. The summed E-state index contributed by atoms with van der Waals surface area (Å²) in [7, 11) is 0. The van der Waals surface area contributed by atoms with Crippen LogP contribution in [0.5, 0.6) is 0 Å². The molecule has 0 aliphatic carbocycles. The molecular weight excluding hydrogens is 316 g/mol. The lowest BCUT2D eigenvalue weighted by Crippen LogP contribution is -2.43. The minimum atomic E-state index is -1.17. The van der Waals surface area contributed by atoms with Crippen molar-refractivity contribution in [1.29, 1.82) is 0 Å². The highest BCUT2D eigenvalue weighted by Gasteiger charge is 2.20. The molecular formula is C18H17F2NO3. The lowest BCUT2D eigenvalue weighted by atomic mass is 10.0. The maximum atomic E-state index is 13.1. The molecule has 0 unspecified atom stereocenters. The van der Waals surface area contributed by atoms with Crippen molar-refractivity contribution in [1.82, 2.24) is 5.32 Å². The third kappa shape index (κ3) is 5.15. The van der Waals surface area contributed by atoms with Crippen molar-refractivity contribution in [2.75, 3.05) is 0 Å². The SMILES string of the molecule is Cc1cccc(C[C@@H](NC(=O)Cc2cc(F)cc(F)c2)C(=O)O)c1. The highest BCUT2D eigenvalue weighted by atomic mass is 19.1. The van der Waals surface area contributed by atoms with Gasteiger partial charge < -0.3 is 10.4 Å². The minimum Gasteiger partial charge on any atom is -0.480 e. The van der Waals surface area contributed by atoms with E-state index in [9.17, 15) is 23.5 Å². The molecule has 0 spiro atoms. The van der Waals surface area contributed by atoms with E-state index in [0.717, 1.165) is 23.3 Å². The van der Waals surface area contributed by atoms with Gasteiger partial charge in [-0.3, -0.25) is 4.79 Å². The van der Waals surface area contributed by atoms with Crippen LogP contribution in [0, 0.1) is 18.6 Å². The van der Waals surface area contributed by atoms with Gasteiger partial charge in [-0.2, -0.15) is 0 Å². The van der Waals surface area contributed by atoms with Crippen LogP contribution >= 0.6 is 0 Å². The summed E-state index contributed by atoms with van der Waals surface area (Å²) in [4.78, 5) is 23.3. The molecule has 4 nitrogen and oxygen atoms in total. The Morgan fingerprint density at radius 2 is 1.75 bits per heavy atom. The van der Waals surface area contributed by atoms with Crippen molar-refractivity contribution in [3.8, 4) is 0 Å². The van der Waals surface area contributed by atoms with E-state index < -0.39 is 29.6 Å². The van der Waals surface area contributed by atoms with E-state index in [4.69, 9.17) is 0 Å². The summed E-state index contributed by atoms with van der Waals surface area (Å²) in [6, 6.07) is 8.98. The lowest BCUT2D eigenvalue weighted by Gasteiger charge is -2.15. The van der Waals surface area contributed by atoms with Gasteiger partial charge in [-0.15, -0.1) is 0 Å². The number of rotatable bonds is 6. The van der Waals surface area contributed by atoms with Gasteiger partial charge in [0.2, 0.25) is 5.91 Å². The van der Waals surface area contributed by atoms with Crippen LogP contribution in [-0.2, 0) is 22.4 Å². The number of aliphatic carboxylic acids is 1. The fraction of sp³-hybridized carbons (Fsp3) is 0.222. The van der Waals surface area contributed by atoms with Gasteiger partial charge in [0.1, 0.15) is 17.7 Å². The molecule has 0 aromatic heterocycles. The van der Waals surface area contributed by atoms with Crippen molar-refractivity contribution in [3.63, 3.8) is 0 Å². The number of carbonyl (C=O) groups excluding carboxylic acids is 1. The van der Waals surface area contributed by atoms with Gasteiger partial charge in [0, 0.05) is 12.5 Å². The summed E-state index contributed by atoms with van der Waals surface area (Å²) in [6.45, 7) is 1.89. The number of hydrogen-bond donors (Lipinski definition) is 2. The zero-order valence-electron chi connectivity index (χ0n) is 13.1. The second-order valence-corrected chi connectivity index (χ2v) is 5.61. The first kappa shape index (κ1) is 17.6. The van der Waals surface area contributed by atoms with Crippen molar-refractivity contribution in [2.24, 2.45) is 0 Å². The maximum absolute atomic E-state index is 13.1. The van der Waals surface area contributed by atoms with Gasteiger partial charge in [0.15, 0.2) is 0 Å². The normalized spacial score (nSPS) is 11.8. The largest absolute Gasteiger partial charge is 0.480 e. The van der Waals surface area contributed by atoms with Crippen molar-refractivity contribution in [2.45, 2.75) is 25.8 Å². The van der Waals surface area contributed by atoms with E-state index in [0.29, 0.717) is 6.07 Å². The molecule has 1 amide bonds. The smallest absolute Gasteiger partial charge is 0.326 e. The Balaban J connectivity index is 2.04. The van der Waals surface area contributed by atoms with Crippen LogP contribution < -0.4 is 5.32 Å². The Kier molecular flexibility index (Phi) is 5.63. The Morgan fingerprint density at radius 1 is 1.08 bits per heavy atom. The molecule has 0 saturated carbocycles. The number of carboxylic acids is 1. The summed E-state index contributed by atoms with van der Waals surface area (Å²) >= 11 is 0. The minimum absolute atomic E-state index is 0.125. The van der Waals surface area contributed by atoms with Gasteiger partial charge >= 0.3 is 5.97 Å². The average molecular weight is 333 g/mol. The molecule has 2 rings (SSSR count). The molecule has 2 aromatic carbocycles. The number of hydrogen-bond acceptors (Lipinski definition) is 2. The van der Waals surface area contributed by atoms with Gasteiger partial charge in [-0.1, -0.05) is 29.8 Å². The highest BCUT2D eigenvalue weighted by Crippen LogP contribution is 2.10. The monoisotopic (exact) mass is 333 g/mol. The lowest BCUT2D eigenvalue weighted by molar-refractivity contribution is -0.141. The van der Waals surface area contributed by atoms with E-state index >= 15 is 0 Å². The molecule has 0 aliphatic rings. The number of nitrogens with one attached hydrogen (secondary N) is 1. The van der Waals surface area contributed by atoms with Crippen molar-refractivity contribution in [3.05, 3.63) is 70.8 Å². The summed E-state index contributed by atoms with van der Waals surface area (Å²) in [5, 5.41) is 11.7. The van der Waals surface area contributed by atoms with E-state index in [1.165, 1.54) is 0 Å². The van der Waals surface area contributed by atoms with E-state index in [1.807, 2.05) is 19.1 Å². The third-order valence-corrected chi connectivity index (χ3v) is 3.44. The third-order valence-electron chi connectivity index (χ3n) is 3.44. The molecule has 0 bridgehead atoms. The molecule has 0 heterocycles. The predicted molar refractivity (Wildman–Crippen MR) is 84.5 cm³/mol. The number of amides is 1.